The van der Waals surface area contributed by atoms with E-state index in [1.165, 1.54) is 23.9 Å². The Morgan fingerprint density at radius 2 is 1.86 bits per heavy atom. The van der Waals surface area contributed by atoms with Gasteiger partial charge < -0.3 is 10.4 Å². The summed E-state index contributed by atoms with van der Waals surface area (Å²) in [6.07, 6.45) is 0. The Labute approximate surface area is 134 Å². The van der Waals surface area contributed by atoms with E-state index in [0.717, 1.165) is 4.90 Å². The van der Waals surface area contributed by atoms with E-state index in [-0.39, 0.29) is 17.2 Å². The Balaban J connectivity index is 1.98. The molecule has 2 N–H and O–H groups in total. The smallest absolute Gasteiger partial charge is 0.335 e. The second kappa shape index (κ2) is 7.28. The summed E-state index contributed by atoms with van der Waals surface area (Å²) >= 11 is 4.65. The molecule has 0 aliphatic rings. The van der Waals surface area contributed by atoms with Crippen molar-refractivity contribution in [3.63, 3.8) is 0 Å². The topological polar surface area (TPSA) is 66.4 Å². The molecule has 0 aromatic heterocycles. The van der Waals surface area contributed by atoms with Crippen molar-refractivity contribution in [1.82, 2.24) is 0 Å². The minimum absolute atomic E-state index is 0.121. The van der Waals surface area contributed by atoms with Gasteiger partial charge in [-0.2, -0.15) is 0 Å². The van der Waals surface area contributed by atoms with Crippen LogP contribution in [0.1, 0.15) is 10.4 Å². The number of nitrogens with one attached hydrogen (secondary N) is 1. The highest BCUT2D eigenvalue weighted by molar-refractivity contribution is 9.10. The molecular weight excluding hydrogens is 354 g/mol. The van der Waals surface area contributed by atoms with Gasteiger partial charge in [0.2, 0.25) is 5.91 Å². The van der Waals surface area contributed by atoms with E-state index in [4.69, 9.17) is 5.11 Å². The number of anilines is 1. The molecule has 2 rings (SSSR count). The number of hydrogen-bond acceptors (Lipinski definition) is 3. The number of carbonyl (C=O) groups excluding carboxylic acids is 1. The summed E-state index contributed by atoms with van der Waals surface area (Å²) < 4.78 is 0.605. The van der Waals surface area contributed by atoms with Gasteiger partial charge in [-0.3, -0.25) is 4.79 Å². The third-order valence-corrected chi connectivity index (χ3v) is 4.01. The molecule has 6 heteroatoms. The molecule has 0 saturated carbocycles. The molecular formula is C15H12BrNO3S. The van der Waals surface area contributed by atoms with E-state index >= 15 is 0 Å². The van der Waals surface area contributed by atoms with Crippen LogP contribution in [0.3, 0.4) is 0 Å². The Morgan fingerprint density at radius 1 is 1.14 bits per heavy atom. The lowest BCUT2D eigenvalue weighted by atomic mass is 10.2. The number of benzene rings is 2. The number of aromatic carboxylic acids is 1. The van der Waals surface area contributed by atoms with Crippen molar-refractivity contribution in [2.45, 2.75) is 4.90 Å². The van der Waals surface area contributed by atoms with Crippen molar-refractivity contribution in [2.24, 2.45) is 0 Å². The number of carboxylic acids is 1. The molecule has 0 bridgehead atoms. The van der Waals surface area contributed by atoms with Gasteiger partial charge in [-0.1, -0.05) is 34.1 Å². The van der Waals surface area contributed by atoms with Crippen molar-refractivity contribution < 1.29 is 14.7 Å². The summed E-state index contributed by atoms with van der Waals surface area (Å²) in [6, 6.07) is 14.2. The first-order chi connectivity index (χ1) is 10.0. The maximum atomic E-state index is 11.9. The quantitative estimate of drug-likeness (QED) is 0.789. The van der Waals surface area contributed by atoms with Crippen LogP contribution in [0.15, 0.2) is 57.9 Å². The first-order valence-corrected chi connectivity index (χ1v) is 7.84. The average Bonchev–Trinajstić information content (AvgIpc) is 2.45. The van der Waals surface area contributed by atoms with Gasteiger partial charge in [-0.25, -0.2) is 4.79 Å². The van der Waals surface area contributed by atoms with E-state index < -0.39 is 5.97 Å². The second-order valence-electron chi connectivity index (χ2n) is 4.18. The molecule has 0 aliphatic heterocycles. The van der Waals surface area contributed by atoms with Gasteiger partial charge in [0.05, 0.1) is 11.3 Å². The van der Waals surface area contributed by atoms with Gasteiger partial charge in [0.25, 0.3) is 0 Å². The second-order valence-corrected chi connectivity index (χ2v) is 6.15. The highest BCUT2D eigenvalue weighted by Gasteiger charge is 2.09. The molecule has 1 amide bonds. The summed E-state index contributed by atoms with van der Waals surface area (Å²) in [6.45, 7) is 0. The zero-order valence-corrected chi connectivity index (χ0v) is 13.3. The zero-order chi connectivity index (χ0) is 15.2. The van der Waals surface area contributed by atoms with E-state index in [9.17, 15) is 9.59 Å². The normalized spacial score (nSPS) is 10.1. The fourth-order valence-electron chi connectivity index (χ4n) is 1.65. The van der Waals surface area contributed by atoms with Crippen LogP contribution in [-0.4, -0.2) is 22.7 Å². The minimum Gasteiger partial charge on any atom is -0.478 e. The molecule has 0 spiro atoms. The largest absolute Gasteiger partial charge is 0.478 e. The van der Waals surface area contributed by atoms with Crippen LogP contribution in [0.5, 0.6) is 0 Å². The fourth-order valence-corrected chi connectivity index (χ4v) is 2.86. The number of hydrogen-bond donors (Lipinski definition) is 2. The summed E-state index contributed by atoms with van der Waals surface area (Å²) in [7, 11) is 0. The Bertz CT molecular complexity index is 661. The predicted octanol–water partition coefficient (Wildman–Crippen LogP) is 3.88. The van der Waals surface area contributed by atoms with Crippen molar-refractivity contribution in [3.8, 4) is 0 Å². The van der Waals surface area contributed by atoms with E-state index in [1.54, 1.807) is 6.07 Å². The van der Waals surface area contributed by atoms with Crippen molar-refractivity contribution >= 4 is 45.3 Å². The van der Waals surface area contributed by atoms with Crippen LogP contribution in [0.25, 0.3) is 0 Å². The SMILES string of the molecule is O=C(CSc1ccccc1)Nc1cc(Br)cc(C(=O)O)c1. The molecule has 0 unspecified atom stereocenters. The van der Waals surface area contributed by atoms with Gasteiger partial charge in [-0.05, 0) is 30.3 Å². The van der Waals surface area contributed by atoms with E-state index in [0.29, 0.717) is 10.2 Å². The molecule has 0 saturated heterocycles. The molecule has 2 aromatic rings. The van der Waals surface area contributed by atoms with Crippen molar-refractivity contribution in [1.29, 1.82) is 0 Å². The highest BCUT2D eigenvalue weighted by atomic mass is 79.9. The van der Waals surface area contributed by atoms with Gasteiger partial charge in [-0.15, -0.1) is 11.8 Å². The predicted molar refractivity (Wildman–Crippen MR) is 86.9 cm³/mol. The van der Waals surface area contributed by atoms with Crippen molar-refractivity contribution in [3.05, 3.63) is 58.6 Å². The van der Waals surface area contributed by atoms with E-state index in [1.807, 2.05) is 30.3 Å². The number of thioether (sulfide) groups is 1. The number of halogens is 1. The lowest BCUT2D eigenvalue weighted by Crippen LogP contribution is -2.14. The highest BCUT2D eigenvalue weighted by Crippen LogP contribution is 2.21. The molecule has 108 valence electrons. The fraction of sp³-hybridized carbons (Fsp3) is 0.0667. The van der Waals surface area contributed by atoms with Crippen molar-refractivity contribution in [2.75, 3.05) is 11.1 Å². The third-order valence-electron chi connectivity index (χ3n) is 2.54. The number of rotatable bonds is 5. The lowest BCUT2D eigenvalue weighted by Gasteiger charge is -2.07. The molecule has 2 aromatic carbocycles. The number of carbonyl (C=O) groups is 2. The number of amides is 1. The Kier molecular flexibility index (Phi) is 5.41. The molecule has 21 heavy (non-hydrogen) atoms. The van der Waals surface area contributed by atoms with Crippen LogP contribution in [0, 0.1) is 0 Å². The monoisotopic (exact) mass is 365 g/mol. The van der Waals surface area contributed by atoms with Crippen LogP contribution in [0.2, 0.25) is 0 Å². The minimum atomic E-state index is -1.04. The average molecular weight is 366 g/mol. The summed E-state index contributed by atoms with van der Waals surface area (Å²) in [4.78, 5) is 23.9. The molecule has 0 atom stereocenters. The molecule has 0 fully saturated rings. The standard InChI is InChI=1S/C15H12BrNO3S/c16-11-6-10(15(19)20)7-12(8-11)17-14(18)9-21-13-4-2-1-3-5-13/h1-8H,9H2,(H,17,18)(H,19,20). The van der Waals surface area contributed by atoms with Crippen LogP contribution in [-0.2, 0) is 4.79 Å². The van der Waals surface area contributed by atoms with Gasteiger partial charge in [0.1, 0.15) is 0 Å². The third kappa shape index (κ3) is 4.91. The zero-order valence-electron chi connectivity index (χ0n) is 10.9. The first-order valence-electron chi connectivity index (χ1n) is 6.06. The molecule has 0 heterocycles. The number of carboxylic acid groups (broad SMARTS) is 1. The lowest BCUT2D eigenvalue weighted by molar-refractivity contribution is -0.113. The maximum absolute atomic E-state index is 11.9. The van der Waals surface area contributed by atoms with E-state index in [2.05, 4.69) is 21.2 Å². The summed E-state index contributed by atoms with van der Waals surface area (Å²) in [5, 5.41) is 11.7. The Hall–Kier alpha value is -1.79. The Morgan fingerprint density at radius 3 is 2.52 bits per heavy atom. The summed E-state index contributed by atoms with van der Waals surface area (Å²) in [5.74, 6) is -0.956. The van der Waals surface area contributed by atoms with Crippen LogP contribution >= 0.6 is 27.7 Å². The van der Waals surface area contributed by atoms with Gasteiger partial charge in [0, 0.05) is 15.1 Å². The van der Waals surface area contributed by atoms with Crippen LogP contribution in [0.4, 0.5) is 5.69 Å². The molecule has 0 aliphatic carbocycles. The van der Waals surface area contributed by atoms with Gasteiger partial charge in [0.15, 0.2) is 0 Å². The molecule has 4 nitrogen and oxygen atoms in total. The van der Waals surface area contributed by atoms with Crippen LogP contribution < -0.4 is 5.32 Å². The first kappa shape index (κ1) is 15.6. The molecule has 0 radical (unpaired) electrons. The maximum Gasteiger partial charge on any atom is 0.335 e. The van der Waals surface area contributed by atoms with Gasteiger partial charge >= 0.3 is 5.97 Å². The summed E-state index contributed by atoms with van der Waals surface area (Å²) in [5.41, 5.74) is 0.579.